The Kier molecular flexibility index (Phi) is 3.74. The van der Waals surface area contributed by atoms with Crippen LogP contribution in [-0.4, -0.2) is 23.0 Å². The zero-order valence-electron chi connectivity index (χ0n) is 13.0. The fourth-order valence-corrected chi connectivity index (χ4v) is 3.66. The smallest absolute Gasteiger partial charge is 0.328 e. The molecule has 21 heavy (non-hydrogen) atoms. The molecule has 1 aliphatic rings. The van der Waals surface area contributed by atoms with Crippen LogP contribution in [0, 0.1) is 17.8 Å². The van der Waals surface area contributed by atoms with Crippen LogP contribution in [-0.2, 0) is 4.79 Å². The lowest BCUT2D eigenvalue weighted by Gasteiger charge is -2.04. The lowest BCUT2D eigenvalue weighted by molar-refractivity contribution is -0.131. The van der Waals surface area contributed by atoms with E-state index in [4.69, 9.17) is 5.11 Å². The summed E-state index contributed by atoms with van der Waals surface area (Å²) < 4.78 is 0. The average molecular weight is 307 g/mol. The van der Waals surface area contributed by atoms with Gasteiger partial charge in [-0.1, -0.05) is 27.7 Å². The molecule has 1 saturated carbocycles. The van der Waals surface area contributed by atoms with Gasteiger partial charge in [-0.05, 0) is 35.5 Å². The van der Waals surface area contributed by atoms with E-state index in [1.807, 2.05) is 13.0 Å². The first-order chi connectivity index (χ1) is 9.57. The minimum absolute atomic E-state index is 0.0817. The van der Waals surface area contributed by atoms with Crippen molar-refractivity contribution in [1.82, 2.24) is 5.32 Å². The number of carbonyl (C=O) groups excluding carboxylic acids is 1. The van der Waals surface area contributed by atoms with Crippen LogP contribution in [0.1, 0.15) is 47.8 Å². The van der Waals surface area contributed by atoms with Gasteiger partial charge < -0.3 is 10.4 Å². The number of thiophene rings is 1. The first-order valence-electron chi connectivity index (χ1n) is 6.89. The van der Waals surface area contributed by atoms with Crippen LogP contribution in [0.3, 0.4) is 0 Å². The summed E-state index contributed by atoms with van der Waals surface area (Å²) in [7, 11) is 0. The highest BCUT2D eigenvalue weighted by Crippen LogP contribution is 2.62. The maximum Gasteiger partial charge on any atom is 0.328 e. The summed E-state index contributed by atoms with van der Waals surface area (Å²) >= 11 is 1.32. The molecule has 0 aromatic carbocycles. The number of aliphatic carboxylic acids is 1. The Morgan fingerprint density at radius 1 is 1.29 bits per heavy atom. The van der Waals surface area contributed by atoms with Gasteiger partial charge in [0, 0.05) is 17.0 Å². The second kappa shape index (κ2) is 4.98. The second-order valence-electron chi connectivity index (χ2n) is 6.68. The molecular weight excluding hydrogens is 286 g/mol. The van der Waals surface area contributed by atoms with Gasteiger partial charge in [0.05, 0.1) is 4.88 Å². The molecule has 114 valence electrons. The van der Waals surface area contributed by atoms with Gasteiger partial charge in [0.25, 0.3) is 5.91 Å². The van der Waals surface area contributed by atoms with Crippen molar-refractivity contribution in [2.75, 3.05) is 0 Å². The molecule has 4 nitrogen and oxygen atoms in total. The highest BCUT2D eigenvalue weighted by atomic mass is 32.1. The van der Waals surface area contributed by atoms with Crippen molar-refractivity contribution in [2.45, 2.75) is 40.7 Å². The molecule has 1 amide bonds. The lowest BCUT2D eigenvalue weighted by atomic mass is 10.0. The molecule has 0 saturated heterocycles. The maximum atomic E-state index is 12.3. The normalized spacial score (nSPS) is 19.7. The van der Waals surface area contributed by atoms with Crippen LogP contribution in [0.15, 0.2) is 12.1 Å². The van der Waals surface area contributed by atoms with Gasteiger partial charge in [-0.25, -0.2) is 4.79 Å². The Balaban J connectivity index is 2.11. The molecular formula is C16H21NO3S. The standard InChI is InChI=1S/C16H21NO3S/c1-9-8-11(21-10(9)6-7-12(18)19)13(20)17-14-15(2,3)16(14,4)5/h6-8,14H,1-5H3,(H,17,20)(H,18,19)/b7-6+. The van der Waals surface area contributed by atoms with Crippen LogP contribution in [0.5, 0.6) is 0 Å². The highest BCUT2D eigenvalue weighted by Gasteiger charge is 2.65. The molecule has 5 heteroatoms. The molecule has 1 heterocycles. The summed E-state index contributed by atoms with van der Waals surface area (Å²) in [6, 6.07) is 1.97. The number of amides is 1. The molecule has 0 bridgehead atoms. The topological polar surface area (TPSA) is 66.4 Å². The van der Waals surface area contributed by atoms with Crippen LogP contribution in [0.4, 0.5) is 0 Å². The fourth-order valence-electron chi connectivity index (χ4n) is 2.68. The molecule has 2 N–H and O–H groups in total. The maximum absolute atomic E-state index is 12.3. The number of nitrogens with one attached hydrogen (secondary N) is 1. The molecule has 0 radical (unpaired) electrons. The molecule has 0 atom stereocenters. The Labute approximate surface area is 128 Å². The zero-order valence-corrected chi connectivity index (χ0v) is 13.8. The molecule has 2 rings (SSSR count). The number of aryl methyl sites for hydroxylation is 1. The van der Waals surface area contributed by atoms with Crippen molar-refractivity contribution < 1.29 is 14.7 Å². The molecule has 0 aliphatic heterocycles. The number of hydrogen-bond acceptors (Lipinski definition) is 3. The Morgan fingerprint density at radius 2 is 1.86 bits per heavy atom. The van der Waals surface area contributed by atoms with E-state index in [9.17, 15) is 9.59 Å². The average Bonchev–Trinajstić information content (AvgIpc) is 2.67. The third-order valence-corrected chi connectivity index (χ3v) is 6.05. The van der Waals surface area contributed by atoms with Gasteiger partial charge in [-0.2, -0.15) is 0 Å². The van der Waals surface area contributed by atoms with E-state index in [0.717, 1.165) is 16.5 Å². The molecule has 1 aliphatic carbocycles. The summed E-state index contributed by atoms with van der Waals surface area (Å²) in [6.45, 7) is 10.5. The predicted octanol–water partition coefficient (Wildman–Crippen LogP) is 3.32. The Bertz CT molecular complexity index is 611. The number of hydrogen-bond donors (Lipinski definition) is 2. The molecule has 1 aromatic heterocycles. The van der Waals surface area contributed by atoms with Crippen LogP contribution >= 0.6 is 11.3 Å². The van der Waals surface area contributed by atoms with Gasteiger partial charge in [0.15, 0.2) is 0 Å². The Morgan fingerprint density at radius 3 is 2.33 bits per heavy atom. The van der Waals surface area contributed by atoms with Crippen molar-refractivity contribution in [3.8, 4) is 0 Å². The SMILES string of the molecule is Cc1cc(C(=O)NC2C(C)(C)C2(C)C)sc1/C=C/C(=O)O. The molecule has 0 spiro atoms. The number of rotatable bonds is 4. The van der Waals surface area contributed by atoms with Crippen molar-refractivity contribution in [3.63, 3.8) is 0 Å². The van der Waals surface area contributed by atoms with Gasteiger partial charge in [0.2, 0.25) is 0 Å². The largest absolute Gasteiger partial charge is 0.478 e. The number of carbonyl (C=O) groups is 2. The summed E-state index contributed by atoms with van der Waals surface area (Å²) in [6.07, 6.45) is 2.62. The van der Waals surface area contributed by atoms with Crippen molar-refractivity contribution >= 4 is 29.3 Å². The molecule has 1 aromatic rings. The van der Waals surface area contributed by atoms with Gasteiger partial charge in [-0.15, -0.1) is 11.3 Å². The summed E-state index contributed by atoms with van der Waals surface area (Å²) in [5.74, 6) is -1.07. The first kappa shape index (κ1) is 15.8. The van der Waals surface area contributed by atoms with Crippen LogP contribution in [0.25, 0.3) is 6.08 Å². The van der Waals surface area contributed by atoms with E-state index in [1.54, 1.807) is 0 Å². The van der Waals surface area contributed by atoms with E-state index < -0.39 is 5.97 Å². The minimum Gasteiger partial charge on any atom is -0.478 e. The summed E-state index contributed by atoms with van der Waals surface area (Å²) in [5, 5.41) is 11.7. The van der Waals surface area contributed by atoms with Crippen LogP contribution in [0.2, 0.25) is 0 Å². The quantitative estimate of drug-likeness (QED) is 0.839. The predicted molar refractivity (Wildman–Crippen MR) is 84.5 cm³/mol. The zero-order chi connectivity index (χ0) is 16.0. The third kappa shape index (κ3) is 2.75. The van der Waals surface area contributed by atoms with Gasteiger partial charge in [0.1, 0.15) is 0 Å². The molecule has 0 unspecified atom stereocenters. The first-order valence-corrected chi connectivity index (χ1v) is 7.71. The fraction of sp³-hybridized carbons (Fsp3) is 0.500. The monoisotopic (exact) mass is 307 g/mol. The molecule has 1 fully saturated rings. The Hall–Kier alpha value is -1.62. The van der Waals surface area contributed by atoms with Gasteiger partial charge >= 0.3 is 5.97 Å². The van der Waals surface area contributed by atoms with E-state index in [-0.39, 0.29) is 22.8 Å². The summed E-state index contributed by atoms with van der Waals surface area (Å²) in [5.41, 5.74) is 1.11. The highest BCUT2D eigenvalue weighted by molar-refractivity contribution is 7.15. The van der Waals surface area contributed by atoms with E-state index in [0.29, 0.717) is 4.88 Å². The van der Waals surface area contributed by atoms with E-state index in [2.05, 4.69) is 33.0 Å². The summed E-state index contributed by atoms with van der Waals surface area (Å²) in [4.78, 5) is 24.3. The van der Waals surface area contributed by atoms with E-state index in [1.165, 1.54) is 17.4 Å². The van der Waals surface area contributed by atoms with Crippen molar-refractivity contribution in [3.05, 3.63) is 27.5 Å². The van der Waals surface area contributed by atoms with Crippen LogP contribution < -0.4 is 5.32 Å². The second-order valence-corrected chi connectivity index (χ2v) is 7.76. The number of carboxylic acids is 1. The van der Waals surface area contributed by atoms with Crippen molar-refractivity contribution in [1.29, 1.82) is 0 Å². The van der Waals surface area contributed by atoms with Crippen molar-refractivity contribution in [2.24, 2.45) is 10.8 Å². The third-order valence-electron chi connectivity index (χ3n) is 4.85. The number of carboxylic acid groups (broad SMARTS) is 1. The van der Waals surface area contributed by atoms with Gasteiger partial charge in [-0.3, -0.25) is 4.79 Å². The minimum atomic E-state index is -0.990. The lowest BCUT2D eigenvalue weighted by Crippen LogP contribution is -2.29. The van der Waals surface area contributed by atoms with E-state index >= 15 is 0 Å².